The Bertz CT molecular complexity index is 1180. The van der Waals surface area contributed by atoms with Crippen molar-refractivity contribution < 1.29 is 14.3 Å². The quantitative estimate of drug-likeness (QED) is 0.509. The number of methoxy groups -OCH3 is 2. The van der Waals surface area contributed by atoms with Crippen molar-refractivity contribution in [1.29, 1.82) is 0 Å². The average Bonchev–Trinajstić information content (AvgIpc) is 3.22. The van der Waals surface area contributed by atoms with E-state index in [0.29, 0.717) is 10.7 Å². The molecule has 6 nitrogen and oxygen atoms in total. The number of fused-ring (bicyclic) bond motifs is 1. The van der Waals surface area contributed by atoms with Crippen LogP contribution in [-0.4, -0.2) is 30.1 Å². The molecule has 2 aromatic carbocycles. The minimum atomic E-state index is -0.247. The lowest BCUT2D eigenvalue weighted by Gasteiger charge is -2.11. The minimum absolute atomic E-state index is 0.247. The summed E-state index contributed by atoms with van der Waals surface area (Å²) in [7, 11) is 3.24. The van der Waals surface area contributed by atoms with E-state index in [1.165, 1.54) is 11.3 Å². The van der Waals surface area contributed by atoms with Crippen molar-refractivity contribution >= 4 is 33.3 Å². The number of benzene rings is 2. The van der Waals surface area contributed by atoms with Gasteiger partial charge in [0.25, 0.3) is 5.91 Å². The highest BCUT2D eigenvalue weighted by Crippen LogP contribution is 2.35. The SMILES string of the molecule is COc1cc(-c2csc(NC(=O)c3cnc4ccccc4c3)n2)cc(OC)c1C. The van der Waals surface area contributed by atoms with Crippen LogP contribution >= 0.6 is 11.3 Å². The molecule has 0 aliphatic rings. The van der Waals surface area contributed by atoms with Crippen molar-refractivity contribution in [2.45, 2.75) is 6.92 Å². The second-order valence-electron chi connectivity index (χ2n) is 6.41. The second kappa shape index (κ2) is 7.89. The summed E-state index contributed by atoms with van der Waals surface area (Å²) < 4.78 is 10.9. The number of carbonyl (C=O) groups is 1. The molecular weight excluding hydrogens is 386 g/mol. The number of aromatic nitrogens is 2. The number of hydrogen-bond donors (Lipinski definition) is 1. The normalized spacial score (nSPS) is 10.7. The lowest BCUT2D eigenvalue weighted by molar-refractivity contribution is 0.102. The number of para-hydroxylation sites is 1. The number of rotatable bonds is 5. The second-order valence-corrected chi connectivity index (χ2v) is 7.27. The Morgan fingerprint density at radius 1 is 1.07 bits per heavy atom. The van der Waals surface area contributed by atoms with Gasteiger partial charge >= 0.3 is 0 Å². The molecule has 0 atom stereocenters. The summed E-state index contributed by atoms with van der Waals surface area (Å²) in [5.74, 6) is 1.20. The zero-order valence-corrected chi connectivity index (χ0v) is 17.0. The molecule has 29 heavy (non-hydrogen) atoms. The van der Waals surface area contributed by atoms with Crippen LogP contribution in [0.1, 0.15) is 15.9 Å². The summed E-state index contributed by atoms with van der Waals surface area (Å²) in [5, 5.41) is 6.16. The van der Waals surface area contributed by atoms with Crippen molar-refractivity contribution in [3.05, 3.63) is 65.2 Å². The fraction of sp³-hybridized carbons (Fsp3) is 0.136. The number of thiazole rings is 1. The molecule has 0 aliphatic heterocycles. The third-order valence-corrected chi connectivity index (χ3v) is 5.38. The predicted molar refractivity (Wildman–Crippen MR) is 115 cm³/mol. The van der Waals surface area contributed by atoms with Crippen molar-refractivity contribution in [2.75, 3.05) is 19.5 Å². The molecule has 0 fully saturated rings. The van der Waals surface area contributed by atoms with Crippen LogP contribution in [0.15, 0.2) is 54.0 Å². The van der Waals surface area contributed by atoms with Gasteiger partial charge in [-0.25, -0.2) is 4.98 Å². The zero-order valence-electron chi connectivity index (χ0n) is 16.2. The number of nitrogens with zero attached hydrogens (tertiary/aromatic N) is 2. The maximum absolute atomic E-state index is 12.6. The van der Waals surface area contributed by atoms with E-state index in [2.05, 4.69) is 15.3 Å². The van der Waals surface area contributed by atoms with E-state index in [4.69, 9.17) is 9.47 Å². The van der Waals surface area contributed by atoms with Crippen LogP contribution in [0.5, 0.6) is 11.5 Å². The standard InChI is InChI=1S/C22H19N3O3S/c1-13-19(27-2)9-15(10-20(13)28-3)18-12-29-22(24-18)25-21(26)16-8-14-6-4-5-7-17(14)23-11-16/h4-12H,1-3H3,(H,24,25,26). The lowest BCUT2D eigenvalue weighted by Crippen LogP contribution is -2.12. The van der Waals surface area contributed by atoms with Crippen molar-refractivity contribution in [1.82, 2.24) is 9.97 Å². The van der Waals surface area contributed by atoms with E-state index in [1.807, 2.05) is 54.8 Å². The topological polar surface area (TPSA) is 73.3 Å². The van der Waals surface area contributed by atoms with Crippen molar-refractivity contribution in [2.24, 2.45) is 0 Å². The Hall–Kier alpha value is -3.45. The van der Waals surface area contributed by atoms with Crippen LogP contribution in [0.2, 0.25) is 0 Å². The monoisotopic (exact) mass is 405 g/mol. The summed E-state index contributed by atoms with van der Waals surface area (Å²) in [6, 6.07) is 13.3. The zero-order chi connectivity index (χ0) is 20.4. The van der Waals surface area contributed by atoms with Crippen LogP contribution in [0.4, 0.5) is 5.13 Å². The highest BCUT2D eigenvalue weighted by Gasteiger charge is 2.14. The van der Waals surface area contributed by atoms with Gasteiger partial charge in [0.15, 0.2) is 5.13 Å². The van der Waals surface area contributed by atoms with E-state index in [-0.39, 0.29) is 5.91 Å². The van der Waals surface area contributed by atoms with Gasteiger partial charge in [-0.05, 0) is 31.2 Å². The number of carbonyl (C=O) groups excluding carboxylic acids is 1. The van der Waals surface area contributed by atoms with Gasteiger partial charge in [-0.2, -0.15) is 0 Å². The molecule has 4 aromatic rings. The number of ether oxygens (including phenoxy) is 2. The third kappa shape index (κ3) is 3.77. The van der Waals surface area contributed by atoms with Crippen LogP contribution in [-0.2, 0) is 0 Å². The summed E-state index contributed by atoms with van der Waals surface area (Å²) in [6.07, 6.45) is 1.57. The molecule has 0 unspecified atom stereocenters. The first-order chi connectivity index (χ1) is 14.1. The van der Waals surface area contributed by atoms with E-state index in [1.54, 1.807) is 20.4 Å². The molecular formula is C22H19N3O3S. The highest BCUT2D eigenvalue weighted by molar-refractivity contribution is 7.14. The fourth-order valence-electron chi connectivity index (χ4n) is 3.06. The summed E-state index contributed by atoms with van der Waals surface area (Å²) in [6.45, 7) is 1.94. The van der Waals surface area contributed by atoms with Gasteiger partial charge in [0.1, 0.15) is 11.5 Å². The van der Waals surface area contributed by atoms with Crippen LogP contribution in [0.25, 0.3) is 22.2 Å². The van der Waals surface area contributed by atoms with E-state index >= 15 is 0 Å². The maximum atomic E-state index is 12.6. The Labute approximate surface area is 172 Å². The molecule has 0 saturated heterocycles. The number of pyridine rings is 1. The van der Waals surface area contributed by atoms with Gasteiger partial charge in [0.2, 0.25) is 0 Å². The first-order valence-electron chi connectivity index (χ1n) is 8.93. The minimum Gasteiger partial charge on any atom is -0.496 e. The molecule has 4 rings (SSSR count). The molecule has 2 aromatic heterocycles. The smallest absolute Gasteiger partial charge is 0.259 e. The van der Waals surface area contributed by atoms with Gasteiger partial charge in [-0.1, -0.05) is 18.2 Å². The van der Waals surface area contributed by atoms with Gasteiger partial charge in [-0.15, -0.1) is 11.3 Å². The number of hydrogen-bond acceptors (Lipinski definition) is 6. The number of nitrogens with one attached hydrogen (secondary N) is 1. The van der Waals surface area contributed by atoms with Crippen molar-refractivity contribution in [3.63, 3.8) is 0 Å². The first kappa shape index (κ1) is 18.9. The number of anilines is 1. The Kier molecular flexibility index (Phi) is 5.14. The lowest BCUT2D eigenvalue weighted by atomic mass is 10.1. The highest BCUT2D eigenvalue weighted by atomic mass is 32.1. The number of amides is 1. The third-order valence-electron chi connectivity index (χ3n) is 4.63. The van der Waals surface area contributed by atoms with Crippen LogP contribution in [0, 0.1) is 6.92 Å². The van der Waals surface area contributed by atoms with Gasteiger partial charge in [0.05, 0.1) is 31.0 Å². The summed E-state index contributed by atoms with van der Waals surface area (Å²) in [5.41, 5.74) is 3.85. The molecule has 0 bridgehead atoms. The fourth-order valence-corrected chi connectivity index (χ4v) is 3.78. The average molecular weight is 405 g/mol. The maximum Gasteiger partial charge on any atom is 0.259 e. The van der Waals surface area contributed by atoms with Gasteiger partial charge in [0, 0.05) is 28.1 Å². The van der Waals surface area contributed by atoms with Crippen molar-refractivity contribution in [3.8, 4) is 22.8 Å². The molecule has 1 N–H and O–H groups in total. The van der Waals surface area contributed by atoms with E-state index in [9.17, 15) is 4.79 Å². The Balaban J connectivity index is 1.58. The summed E-state index contributed by atoms with van der Waals surface area (Å²) in [4.78, 5) is 21.5. The molecule has 0 aliphatic carbocycles. The molecule has 1 amide bonds. The molecule has 0 saturated carbocycles. The molecule has 2 heterocycles. The molecule has 0 spiro atoms. The van der Waals surface area contributed by atoms with E-state index < -0.39 is 0 Å². The molecule has 146 valence electrons. The largest absolute Gasteiger partial charge is 0.496 e. The summed E-state index contributed by atoms with van der Waals surface area (Å²) >= 11 is 1.36. The van der Waals surface area contributed by atoms with Crippen LogP contribution < -0.4 is 14.8 Å². The Morgan fingerprint density at radius 2 is 1.79 bits per heavy atom. The van der Waals surface area contributed by atoms with Gasteiger partial charge in [-0.3, -0.25) is 15.1 Å². The Morgan fingerprint density at radius 3 is 2.52 bits per heavy atom. The van der Waals surface area contributed by atoms with Gasteiger partial charge < -0.3 is 9.47 Å². The van der Waals surface area contributed by atoms with Crippen LogP contribution in [0.3, 0.4) is 0 Å². The molecule has 0 radical (unpaired) electrons. The predicted octanol–water partition coefficient (Wildman–Crippen LogP) is 4.94. The first-order valence-corrected chi connectivity index (χ1v) is 9.81. The van der Waals surface area contributed by atoms with E-state index in [0.717, 1.165) is 39.2 Å². The molecule has 7 heteroatoms.